The summed E-state index contributed by atoms with van der Waals surface area (Å²) >= 11 is 0. The molecule has 1 amide bonds. The first-order valence-electron chi connectivity index (χ1n) is 6.59. The predicted octanol–water partition coefficient (Wildman–Crippen LogP) is 0.596. The molecule has 1 aromatic rings. The minimum Gasteiger partial charge on any atom is -0.481 e. The molecule has 1 saturated carbocycles. The number of carboxylic acid groups (broad SMARTS) is 1. The number of carbonyl (C=O) groups excluding carboxylic acids is 1. The van der Waals surface area contributed by atoms with Crippen LogP contribution in [0.1, 0.15) is 19.3 Å². The Morgan fingerprint density at radius 3 is 2.63 bits per heavy atom. The molecule has 1 N–H and O–H groups in total. The van der Waals surface area contributed by atoms with Crippen molar-refractivity contribution in [3.8, 4) is 0 Å². The highest BCUT2D eigenvalue weighted by atomic mass is 16.4. The van der Waals surface area contributed by atoms with Crippen molar-refractivity contribution >= 4 is 11.9 Å². The summed E-state index contributed by atoms with van der Waals surface area (Å²) in [6.45, 7) is 1.61. The van der Waals surface area contributed by atoms with Crippen LogP contribution in [0.25, 0.3) is 0 Å². The summed E-state index contributed by atoms with van der Waals surface area (Å²) in [5, 5.41) is 13.0. The lowest BCUT2D eigenvalue weighted by Crippen LogP contribution is -2.41. The third-order valence-corrected chi connectivity index (χ3v) is 4.46. The maximum atomic E-state index is 12.1. The van der Waals surface area contributed by atoms with Crippen LogP contribution in [0.5, 0.6) is 0 Å². The molecule has 6 heteroatoms. The summed E-state index contributed by atoms with van der Waals surface area (Å²) in [5.41, 5.74) is -0.0195. The van der Waals surface area contributed by atoms with E-state index in [1.807, 2.05) is 4.90 Å². The van der Waals surface area contributed by atoms with Crippen molar-refractivity contribution in [1.29, 1.82) is 0 Å². The lowest BCUT2D eigenvalue weighted by molar-refractivity contribution is -0.140. The number of hydrogen-bond acceptors (Lipinski definition) is 3. The normalized spacial score (nSPS) is 24.4. The number of likely N-dealkylation sites (tertiary alicyclic amines) is 1. The molecule has 1 atom stereocenters. The van der Waals surface area contributed by atoms with Gasteiger partial charge in [0, 0.05) is 25.5 Å². The van der Waals surface area contributed by atoms with Gasteiger partial charge in [-0.1, -0.05) is 0 Å². The van der Waals surface area contributed by atoms with Crippen molar-refractivity contribution in [2.75, 3.05) is 13.1 Å². The van der Waals surface area contributed by atoms with Crippen molar-refractivity contribution in [3.63, 3.8) is 0 Å². The van der Waals surface area contributed by atoms with Gasteiger partial charge in [0.1, 0.15) is 6.54 Å². The van der Waals surface area contributed by atoms with Gasteiger partial charge in [-0.05, 0) is 30.7 Å². The van der Waals surface area contributed by atoms with Gasteiger partial charge in [-0.15, -0.1) is 0 Å². The van der Waals surface area contributed by atoms with Gasteiger partial charge in [-0.25, -0.2) is 0 Å². The highest BCUT2D eigenvalue weighted by Gasteiger charge is 2.59. The fraction of sp³-hybridized carbons (Fsp3) is 0.615. The molecule has 1 saturated heterocycles. The molecular weight excluding hydrogens is 246 g/mol. The van der Waals surface area contributed by atoms with Gasteiger partial charge in [0.05, 0.1) is 5.92 Å². The van der Waals surface area contributed by atoms with Crippen LogP contribution < -0.4 is 0 Å². The maximum absolute atomic E-state index is 12.1. The van der Waals surface area contributed by atoms with Crippen molar-refractivity contribution in [3.05, 3.63) is 18.5 Å². The predicted molar refractivity (Wildman–Crippen MR) is 66.2 cm³/mol. The molecule has 1 spiro atoms. The van der Waals surface area contributed by atoms with Crippen molar-refractivity contribution < 1.29 is 14.7 Å². The van der Waals surface area contributed by atoms with Crippen LogP contribution in [0.15, 0.2) is 18.5 Å². The quantitative estimate of drug-likeness (QED) is 0.866. The largest absolute Gasteiger partial charge is 0.481 e. The van der Waals surface area contributed by atoms with Crippen LogP contribution in [0.2, 0.25) is 0 Å². The molecule has 0 bridgehead atoms. The van der Waals surface area contributed by atoms with Gasteiger partial charge < -0.3 is 10.0 Å². The molecule has 1 aromatic heterocycles. The van der Waals surface area contributed by atoms with Crippen molar-refractivity contribution in [2.24, 2.45) is 11.3 Å². The molecule has 0 aromatic carbocycles. The molecule has 6 nitrogen and oxygen atoms in total. The van der Waals surface area contributed by atoms with Gasteiger partial charge >= 0.3 is 5.97 Å². The molecule has 3 rings (SSSR count). The van der Waals surface area contributed by atoms with Crippen molar-refractivity contribution in [2.45, 2.75) is 25.8 Å². The molecule has 102 valence electrons. The van der Waals surface area contributed by atoms with E-state index in [1.54, 1.807) is 23.1 Å². The number of hydrogen-bond donors (Lipinski definition) is 1. The first-order chi connectivity index (χ1) is 9.11. The van der Waals surface area contributed by atoms with E-state index in [0.717, 1.165) is 19.3 Å². The Morgan fingerprint density at radius 2 is 2.11 bits per heavy atom. The standard InChI is InChI=1S/C13H17N3O3/c17-11(9-16-5-1-4-14-16)15-6-2-13(3-7-15)8-10(13)12(18)19/h1,4-5,10H,2-3,6-9H2,(H,18,19). The average Bonchev–Trinajstić information content (AvgIpc) is 2.84. The Morgan fingerprint density at radius 1 is 1.37 bits per heavy atom. The van der Waals surface area contributed by atoms with Crippen LogP contribution in [0.4, 0.5) is 0 Å². The molecule has 1 unspecified atom stereocenters. The molecule has 1 aliphatic carbocycles. The minimum atomic E-state index is -0.684. The minimum absolute atomic E-state index is 0.0195. The Labute approximate surface area is 111 Å². The number of aromatic nitrogens is 2. The number of aliphatic carboxylic acids is 1. The first-order valence-corrected chi connectivity index (χ1v) is 6.59. The number of rotatable bonds is 3. The fourth-order valence-electron chi connectivity index (χ4n) is 3.08. The second-order valence-electron chi connectivity index (χ2n) is 5.54. The van der Waals surface area contributed by atoms with Gasteiger partial charge in [0.25, 0.3) is 0 Å². The molecule has 2 aliphatic rings. The zero-order valence-electron chi connectivity index (χ0n) is 10.7. The average molecular weight is 263 g/mol. The molecule has 0 radical (unpaired) electrons. The van der Waals surface area contributed by atoms with Gasteiger partial charge in [0.2, 0.25) is 5.91 Å². The highest BCUT2D eigenvalue weighted by Crippen LogP contribution is 2.59. The van der Waals surface area contributed by atoms with Crippen LogP contribution >= 0.6 is 0 Å². The molecule has 19 heavy (non-hydrogen) atoms. The second kappa shape index (κ2) is 4.36. The van der Waals surface area contributed by atoms with E-state index in [4.69, 9.17) is 5.11 Å². The lowest BCUT2D eigenvalue weighted by Gasteiger charge is -2.32. The third kappa shape index (κ3) is 2.22. The van der Waals surface area contributed by atoms with E-state index in [9.17, 15) is 9.59 Å². The first kappa shape index (κ1) is 12.2. The highest BCUT2D eigenvalue weighted by molar-refractivity contribution is 5.77. The van der Waals surface area contributed by atoms with E-state index in [0.29, 0.717) is 13.1 Å². The number of carbonyl (C=O) groups is 2. The van der Waals surface area contributed by atoms with Crippen LogP contribution in [0, 0.1) is 11.3 Å². The molecule has 2 heterocycles. The summed E-state index contributed by atoms with van der Waals surface area (Å²) in [7, 11) is 0. The topological polar surface area (TPSA) is 75.4 Å². The summed E-state index contributed by atoms with van der Waals surface area (Å²) in [4.78, 5) is 24.9. The summed E-state index contributed by atoms with van der Waals surface area (Å²) in [5.74, 6) is -0.807. The van der Waals surface area contributed by atoms with Gasteiger partial charge in [0.15, 0.2) is 0 Å². The SMILES string of the molecule is O=C(O)C1CC12CCN(C(=O)Cn1cccn1)CC2. The number of piperidine rings is 1. The summed E-state index contributed by atoms with van der Waals surface area (Å²) in [6.07, 6.45) is 5.83. The number of carboxylic acids is 1. The van der Waals surface area contributed by atoms with E-state index in [1.165, 1.54) is 0 Å². The second-order valence-corrected chi connectivity index (χ2v) is 5.54. The van der Waals surface area contributed by atoms with Crippen LogP contribution in [-0.2, 0) is 16.1 Å². The Bertz CT molecular complexity index is 489. The van der Waals surface area contributed by atoms with Crippen molar-refractivity contribution in [1.82, 2.24) is 14.7 Å². The summed E-state index contributed by atoms with van der Waals surface area (Å²) < 4.78 is 1.61. The number of nitrogens with zero attached hydrogens (tertiary/aromatic N) is 3. The molecular formula is C13H17N3O3. The van der Waals surface area contributed by atoms with Gasteiger partial charge in [-0.2, -0.15) is 5.10 Å². The van der Waals surface area contributed by atoms with E-state index < -0.39 is 5.97 Å². The third-order valence-electron chi connectivity index (χ3n) is 4.46. The van der Waals surface area contributed by atoms with E-state index in [2.05, 4.69) is 5.10 Å². The Hall–Kier alpha value is -1.85. The smallest absolute Gasteiger partial charge is 0.307 e. The summed E-state index contributed by atoms with van der Waals surface area (Å²) in [6, 6.07) is 1.79. The number of amides is 1. The van der Waals surface area contributed by atoms with Crippen LogP contribution in [-0.4, -0.2) is 44.8 Å². The monoisotopic (exact) mass is 263 g/mol. The Balaban J connectivity index is 1.53. The molecule has 2 fully saturated rings. The fourth-order valence-corrected chi connectivity index (χ4v) is 3.08. The Kier molecular flexibility index (Phi) is 2.80. The van der Waals surface area contributed by atoms with Gasteiger partial charge in [-0.3, -0.25) is 14.3 Å². The lowest BCUT2D eigenvalue weighted by atomic mass is 9.91. The van der Waals surface area contributed by atoms with E-state index in [-0.39, 0.29) is 23.8 Å². The van der Waals surface area contributed by atoms with Crippen LogP contribution in [0.3, 0.4) is 0 Å². The maximum Gasteiger partial charge on any atom is 0.307 e. The molecule has 1 aliphatic heterocycles. The zero-order chi connectivity index (χ0) is 13.5. The van der Waals surface area contributed by atoms with E-state index >= 15 is 0 Å². The zero-order valence-corrected chi connectivity index (χ0v) is 10.7.